The van der Waals surface area contributed by atoms with E-state index < -0.39 is 12.1 Å². The summed E-state index contributed by atoms with van der Waals surface area (Å²) in [6.07, 6.45) is 1.00. The summed E-state index contributed by atoms with van der Waals surface area (Å²) < 4.78 is 10.6. The van der Waals surface area contributed by atoms with Crippen LogP contribution >= 0.6 is 11.3 Å². The average molecular weight is 311 g/mol. The third kappa shape index (κ3) is 3.63. The van der Waals surface area contributed by atoms with Crippen LogP contribution in [0.15, 0.2) is 0 Å². The fraction of sp³-hybridized carbons (Fsp3) is 0.600. The van der Waals surface area contributed by atoms with Crippen LogP contribution in [0, 0.1) is 13.8 Å². The van der Waals surface area contributed by atoms with Crippen LogP contribution in [0.5, 0.6) is 0 Å². The first-order valence-electron chi connectivity index (χ1n) is 7.13. The number of aryl methyl sites for hydroxylation is 1. The van der Waals surface area contributed by atoms with Crippen LogP contribution < -0.4 is 5.32 Å². The van der Waals surface area contributed by atoms with Crippen molar-refractivity contribution in [1.29, 1.82) is 0 Å². The predicted molar refractivity (Wildman–Crippen MR) is 81.9 cm³/mol. The van der Waals surface area contributed by atoms with E-state index in [2.05, 4.69) is 5.32 Å². The maximum absolute atomic E-state index is 12.2. The van der Waals surface area contributed by atoms with E-state index >= 15 is 0 Å². The zero-order valence-electron chi connectivity index (χ0n) is 12.8. The Labute approximate surface area is 128 Å². The zero-order valence-corrected chi connectivity index (χ0v) is 13.6. The van der Waals surface area contributed by atoms with E-state index in [4.69, 9.17) is 9.47 Å². The highest BCUT2D eigenvalue weighted by Gasteiger charge is 2.27. The summed E-state index contributed by atoms with van der Waals surface area (Å²) in [5, 5.41) is 3.37. The van der Waals surface area contributed by atoms with Crippen molar-refractivity contribution in [3.05, 3.63) is 16.0 Å². The number of hydrogen-bond acceptors (Lipinski definition) is 5. The maximum atomic E-state index is 12.2. The third-order valence-corrected chi connectivity index (χ3v) is 4.51. The van der Waals surface area contributed by atoms with Crippen molar-refractivity contribution in [2.75, 3.05) is 11.9 Å². The van der Waals surface area contributed by atoms with E-state index in [1.54, 1.807) is 13.8 Å². The molecule has 2 heterocycles. The van der Waals surface area contributed by atoms with E-state index in [0.29, 0.717) is 17.2 Å². The van der Waals surface area contributed by atoms with Crippen molar-refractivity contribution in [3.8, 4) is 0 Å². The molecule has 6 heteroatoms. The summed E-state index contributed by atoms with van der Waals surface area (Å²) in [7, 11) is 0. The highest BCUT2D eigenvalue weighted by molar-refractivity contribution is 7.16. The summed E-state index contributed by atoms with van der Waals surface area (Å²) in [4.78, 5) is 25.4. The topological polar surface area (TPSA) is 64.6 Å². The van der Waals surface area contributed by atoms with Gasteiger partial charge < -0.3 is 14.8 Å². The van der Waals surface area contributed by atoms with Crippen molar-refractivity contribution in [1.82, 2.24) is 0 Å². The molecule has 1 unspecified atom stereocenters. The normalized spacial score (nSPS) is 18.0. The largest absolute Gasteiger partial charge is 0.459 e. The SMILES string of the molecule is Cc1sc(NC(=O)C2CCCO2)c(C(=O)OC(C)C)c1C. The van der Waals surface area contributed by atoms with Crippen molar-refractivity contribution in [2.24, 2.45) is 0 Å². The quantitative estimate of drug-likeness (QED) is 0.868. The van der Waals surface area contributed by atoms with E-state index in [-0.39, 0.29) is 12.0 Å². The van der Waals surface area contributed by atoms with E-state index in [0.717, 1.165) is 23.3 Å². The highest BCUT2D eigenvalue weighted by Crippen LogP contribution is 2.33. The molecule has 1 amide bonds. The molecule has 1 fully saturated rings. The number of thiophene rings is 1. The van der Waals surface area contributed by atoms with Gasteiger partial charge in [0.15, 0.2) is 0 Å². The first-order valence-corrected chi connectivity index (χ1v) is 7.95. The van der Waals surface area contributed by atoms with Gasteiger partial charge >= 0.3 is 5.97 Å². The molecule has 0 radical (unpaired) electrons. The fourth-order valence-corrected chi connectivity index (χ4v) is 3.26. The maximum Gasteiger partial charge on any atom is 0.341 e. The lowest BCUT2D eigenvalue weighted by Gasteiger charge is -2.12. The van der Waals surface area contributed by atoms with Gasteiger partial charge in [0.05, 0.1) is 11.7 Å². The van der Waals surface area contributed by atoms with Crippen molar-refractivity contribution in [2.45, 2.75) is 52.7 Å². The molecule has 1 saturated heterocycles. The minimum Gasteiger partial charge on any atom is -0.459 e. The lowest BCUT2D eigenvalue weighted by Crippen LogP contribution is -2.27. The van der Waals surface area contributed by atoms with E-state index in [1.165, 1.54) is 11.3 Å². The number of carbonyl (C=O) groups excluding carboxylic acids is 2. The Balaban J connectivity index is 2.20. The van der Waals surface area contributed by atoms with Gasteiger partial charge in [0, 0.05) is 11.5 Å². The Morgan fingerprint density at radius 3 is 2.67 bits per heavy atom. The Kier molecular flexibility index (Phi) is 5.00. The number of rotatable bonds is 4. The van der Waals surface area contributed by atoms with Gasteiger partial charge in [-0.25, -0.2) is 4.79 Å². The molecule has 1 atom stereocenters. The fourth-order valence-electron chi connectivity index (χ4n) is 2.21. The van der Waals surface area contributed by atoms with Gasteiger partial charge in [-0.1, -0.05) is 0 Å². The van der Waals surface area contributed by atoms with Crippen molar-refractivity contribution in [3.63, 3.8) is 0 Å². The number of hydrogen-bond donors (Lipinski definition) is 1. The van der Waals surface area contributed by atoms with Crippen LogP contribution in [0.4, 0.5) is 5.00 Å². The van der Waals surface area contributed by atoms with Gasteiger partial charge in [0.2, 0.25) is 0 Å². The molecule has 1 aromatic heterocycles. The standard InChI is InChI=1S/C15H21NO4S/c1-8(2)20-15(18)12-9(3)10(4)21-14(12)16-13(17)11-6-5-7-19-11/h8,11H,5-7H2,1-4H3,(H,16,17). The lowest BCUT2D eigenvalue weighted by molar-refractivity contribution is -0.124. The molecule has 5 nitrogen and oxygen atoms in total. The molecule has 21 heavy (non-hydrogen) atoms. The zero-order chi connectivity index (χ0) is 15.6. The second kappa shape index (κ2) is 6.58. The van der Waals surface area contributed by atoms with Crippen molar-refractivity contribution >= 4 is 28.2 Å². The summed E-state index contributed by atoms with van der Waals surface area (Å²) in [5.41, 5.74) is 1.31. The Bertz CT molecular complexity index is 544. The molecule has 0 aliphatic carbocycles. The van der Waals surface area contributed by atoms with Crippen molar-refractivity contribution < 1.29 is 19.1 Å². The van der Waals surface area contributed by atoms with Gasteiger partial charge in [-0.3, -0.25) is 4.79 Å². The molecule has 0 saturated carbocycles. The summed E-state index contributed by atoms with van der Waals surface area (Å²) in [5.74, 6) is -0.582. The molecule has 1 aromatic rings. The van der Waals surface area contributed by atoms with Crippen LogP contribution in [0.1, 0.15) is 47.5 Å². The van der Waals surface area contributed by atoms with Gasteiger partial charge in [-0.2, -0.15) is 0 Å². The average Bonchev–Trinajstić information content (AvgIpc) is 2.98. The Morgan fingerprint density at radius 1 is 1.38 bits per heavy atom. The second-order valence-electron chi connectivity index (χ2n) is 5.43. The minimum absolute atomic E-state index is 0.188. The molecular formula is C15H21NO4S. The van der Waals surface area contributed by atoms with Crippen LogP contribution in [0.2, 0.25) is 0 Å². The molecule has 116 valence electrons. The van der Waals surface area contributed by atoms with Gasteiger partial charge in [-0.05, 0) is 46.1 Å². The molecule has 0 spiro atoms. The number of carbonyl (C=O) groups is 2. The van der Waals surface area contributed by atoms with Crippen LogP contribution in [-0.2, 0) is 14.3 Å². The Morgan fingerprint density at radius 2 is 2.10 bits per heavy atom. The number of anilines is 1. The second-order valence-corrected chi connectivity index (χ2v) is 6.66. The summed E-state index contributed by atoms with van der Waals surface area (Å²) in [6.45, 7) is 8.01. The smallest absolute Gasteiger partial charge is 0.341 e. The van der Waals surface area contributed by atoms with Crippen LogP contribution in [0.3, 0.4) is 0 Å². The number of ether oxygens (including phenoxy) is 2. The molecule has 1 aliphatic heterocycles. The molecule has 0 bridgehead atoms. The number of esters is 1. The lowest BCUT2D eigenvalue weighted by atomic mass is 10.1. The molecule has 0 aromatic carbocycles. The van der Waals surface area contributed by atoms with E-state index in [1.807, 2.05) is 13.8 Å². The molecule has 1 N–H and O–H groups in total. The van der Waals surface area contributed by atoms with Gasteiger partial charge in [0.1, 0.15) is 11.1 Å². The molecular weight excluding hydrogens is 290 g/mol. The van der Waals surface area contributed by atoms with E-state index in [9.17, 15) is 9.59 Å². The molecule has 2 rings (SSSR count). The van der Waals surface area contributed by atoms with Gasteiger partial charge in [0.25, 0.3) is 5.91 Å². The highest BCUT2D eigenvalue weighted by atomic mass is 32.1. The Hall–Kier alpha value is -1.40. The van der Waals surface area contributed by atoms with Crippen LogP contribution in [0.25, 0.3) is 0 Å². The third-order valence-electron chi connectivity index (χ3n) is 3.39. The number of amides is 1. The monoisotopic (exact) mass is 311 g/mol. The van der Waals surface area contributed by atoms with Crippen LogP contribution in [-0.4, -0.2) is 30.7 Å². The minimum atomic E-state index is -0.415. The predicted octanol–water partition coefficient (Wildman–Crippen LogP) is 3.05. The molecule has 1 aliphatic rings. The van der Waals surface area contributed by atoms with Gasteiger partial charge in [-0.15, -0.1) is 11.3 Å². The number of nitrogens with one attached hydrogen (secondary N) is 1. The first-order chi connectivity index (χ1) is 9.90. The first kappa shape index (κ1) is 16.0. The summed E-state index contributed by atoms with van der Waals surface area (Å²) in [6, 6.07) is 0. The summed E-state index contributed by atoms with van der Waals surface area (Å²) >= 11 is 1.40.